The zero-order valence-corrected chi connectivity index (χ0v) is 6.64. The van der Waals surface area contributed by atoms with Crippen LogP contribution in [-0.2, 0) is 4.79 Å². The molecule has 0 aliphatic heterocycles. The van der Waals surface area contributed by atoms with Gasteiger partial charge in [-0.3, -0.25) is 0 Å². The van der Waals surface area contributed by atoms with Crippen molar-refractivity contribution < 1.29 is 9.90 Å². The fourth-order valence-electron chi connectivity index (χ4n) is 0.510. The lowest BCUT2D eigenvalue weighted by atomic mass is 10.2. The maximum absolute atomic E-state index is 9.92. The summed E-state index contributed by atoms with van der Waals surface area (Å²) < 4.78 is 0. The second kappa shape index (κ2) is 5.30. The Labute approximate surface area is 65.5 Å². The van der Waals surface area contributed by atoms with Gasteiger partial charge in [-0.2, -0.15) is 0 Å². The van der Waals surface area contributed by atoms with Gasteiger partial charge in [-0.1, -0.05) is 6.08 Å². The van der Waals surface area contributed by atoms with Gasteiger partial charge < -0.3 is 5.11 Å². The molecule has 0 fully saturated rings. The lowest BCUT2D eigenvalue weighted by Crippen LogP contribution is -1.89. The Morgan fingerprint density at radius 3 is 2.80 bits per heavy atom. The number of allylic oxidation sites excluding steroid dienone is 1. The van der Waals surface area contributed by atoms with Gasteiger partial charge >= 0.3 is 5.97 Å². The minimum absolute atomic E-state index is 0.124. The van der Waals surface area contributed by atoms with Crippen molar-refractivity contribution in [2.24, 2.45) is 0 Å². The Morgan fingerprint density at radius 1 is 1.80 bits per heavy atom. The molecule has 0 aromatic carbocycles. The quantitative estimate of drug-likeness (QED) is 0.508. The lowest BCUT2D eigenvalue weighted by Gasteiger charge is -1.95. The molecular formula is C7H11ClO2. The average Bonchev–Trinajstić information content (AvgIpc) is 1.79. The van der Waals surface area contributed by atoms with Gasteiger partial charge in [-0.15, -0.1) is 11.6 Å². The second-order valence-electron chi connectivity index (χ2n) is 2.10. The van der Waals surface area contributed by atoms with E-state index in [1.807, 2.05) is 6.92 Å². The minimum atomic E-state index is -0.901. The number of rotatable bonds is 4. The van der Waals surface area contributed by atoms with Crippen molar-refractivity contribution in [3.05, 3.63) is 12.2 Å². The predicted octanol–water partition coefficient (Wildman–Crippen LogP) is 2.03. The molecule has 2 nitrogen and oxygen atoms in total. The van der Waals surface area contributed by atoms with Gasteiger partial charge in [-0.05, 0) is 19.8 Å². The van der Waals surface area contributed by atoms with Crippen LogP contribution in [0.4, 0.5) is 0 Å². The van der Waals surface area contributed by atoms with Crippen LogP contribution in [0, 0.1) is 0 Å². The first kappa shape index (κ1) is 9.50. The molecule has 0 amide bonds. The molecule has 0 saturated heterocycles. The monoisotopic (exact) mass is 162 g/mol. The number of halogens is 1. The van der Waals surface area contributed by atoms with Gasteiger partial charge in [0.2, 0.25) is 0 Å². The second-order valence-corrected chi connectivity index (χ2v) is 2.84. The highest BCUT2D eigenvalue weighted by Gasteiger charge is 1.92. The maximum atomic E-state index is 9.92. The Balaban J connectivity index is 3.27. The smallest absolute Gasteiger partial charge is 0.327 e. The van der Waals surface area contributed by atoms with Crippen molar-refractivity contribution in [3.8, 4) is 0 Å². The summed E-state index contributed by atoms with van der Waals surface area (Å²) >= 11 is 5.61. The van der Waals surface area contributed by atoms with Crippen LogP contribution in [-0.4, -0.2) is 16.5 Å². The molecule has 1 N–H and O–H groups in total. The summed E-state index contributed by atoms with van der Waals surface area (Å²) in [7, 11) is 0. The Hall–Kier alpha value is -0.500. The van der Waals surface area contributed by atoms with E-state index in [1.165, 1.54) is 0 Å². The van der Waals surface area contributed by atoms with Crippen molar-refractivity contribution >= 4 is 17.6 Å². The van der Waals surface area contributed by atoms with Crippen molar-refractivity contribution in [1.29, 1.82) is 0 Å². The standard InChI is InChI=1S/C7H11ClO2/c1-6(8)4-2-3-5-7(9)10/h3,5-6H,2,4H2,1H3,(H,9,10)/b5-3+. The fourth-order valence-corrected chi connectivity index (χ4v) is 0.636. The van der Waals surface area contributed by atoms with Crippen LogP contribution in [0.5, 0.6) is 0 Å². The molecule has 0 heterocycles. The largest absolute Gasteiger partial charge is 0.478 e. The molecule has 0 rings (SSSR count). The molecule has 10 heavy (non-hydrogen) atoms. The first-order chi connectivity index (χ1) is 4.63. The summed E-state index contributed by atoms with van der Waals surface area (Å²) in [5, 5.41) is 8.28. The summed E-state index contributed by atoms with van der Waals surface area (Å²) in [6.45, 7) is 1.89. The minimum Gasteiger partial charge on any atom is -0.478 e. The van der Waals surface area contributed by atoms with Crippen LogP contribution in [0.2, 0.25) is 0 Å². The van der Waals surface area contributed by atoms with Gasteiger partial charge in [0.05, 0.1) is 0 Å². The molecule has 0 radical (unpaired) electrons. The normalized spacial score (nSPS) is 13.8. The van der Waals surface area contributed by atoms with Crippen LogP contribution in [0.25, 0.3) is 0 Å². The van der Waals surface area contributed by atoms with Gasteiger partial charge in [-0.25, -0.2) is 4.79 Å². The zero-order valence-electron chi connectivity index (χ0n) is 5.88. The number of hydrogen-bond donors (Lipinski definition) is 1. The van der Waals surface area contributed by atoms with E-state index in [4.69, 9.17) is 16.7 Å². The molecule has 0 aromatic rings. The van der Waals surface area contributed by atoms with Crippen molar-refractivity contribution in [1.82, 2.24) is 0 Å². The van der Waals surface area contributed by atoms with E-state index in [-0.39, 0.29) is 5.38 Å². The van der Waals surface area contributed by atoms with E-state index in [9.17, 15) is 4.79 Å². The van der Waals surface area contributed by atoms with Gasteiger partial charge in [0.25, 0.3) is 0 Å². The molecule has 1 unspecified atom stereocenters. The number of aliphatic carboxylic acids is 1. The highest BCUT2D eigenvalue weighted by atomic mass is 35.5. The molecule has 0 aliphatic rings. The van der Waals surface area contributed by atoms with Gasteiger partial charge in [0, 0.05) is 11.5 Å². The molecule has 58 valence electrons. The van der Waals surface area contributed by atoms with E-state index in [0.29, 0.717) is 0 Å². The van der Waals surface area contributed by atoms with Gasteiger partial charge in [0.15, 0.2) is 0 Å². The van der Waals surface area contributed by atoms with Crippen molar-refractivity contribution in [2.75, 3.05) is 0 Å². The number of carboxylic acid groups (broad SMARTS) is 1. The van der Waals surface area contributed by atoms with E-state index in [1.54, 1.807) is 6.08 Å². The molecular weight excluding hydrogens is 152 g/mol. The summed E-state index contributed by atoms with van der Waals surface area (Å²) in [5.41, 5.74) is 0. The molecule has 1 atom stereocenters. The molecule has 0 aromatic heterocycles. The number of carboxylic acids is 1. The number of hydrogen-bond acceptors (Lipinski definition) is 1. The summed E-state index contributed by atoms with van der Waals surface area (Å²) in [5.74, 6) is -0.901. The average molecular weight is 163 g/mol. The van der Waals surface area contributed by atoms with Crippen LogP contribution in [0.3, 0.4) is 0 Å². The van der Waals surface area contributed by atoms with E-state index in [0.717, 1.165) is 18.9 Å². The molecule has 0 aliphatic carbocycles. The van der Waals surface area contributed by atoms with Crippen molar-refractivity contribution in [3.63, 3.8) is 0 Å². The summed E-state index contributed by atoms with van der Waals surface area (Å²) in [6, 6.07) is 0. The van der Waals surface area contributed by atoms with E-state index >= 15 is 0 Å². The number of alkyl halides is 1. The van der Waals surface area contributed by atoms with Crippen LogP contribution in [0.15, 0.2) is 12.2 Å². The van der Waals surface area contributed by atoms with E-state index < -0.39 is 5.97 Å². The van der Waals surface area contributed by atoms with Crippen LogP contribution in [0.1, 0.15) is 19.8 Å². The summed E-state index contributed by atoms with van der Waals surface area (Å²) in [6.07, 6.45) is 4.31. The third kappa shape index (κ3) is 7.50. The molecule has 0 bridgehead atoms. The van der Waals surface area contributed by atoms with E-state index in [2.05, 4.69) is 0 Å². The third-order valence-corrected chi connectivity index (χ3v) is 1.21. The maximum Gasteiger partial charge on any atom is 0.327 e. The number of carbonyl (C=O) groups is 1. The molecule has 0 spiro atoms. The lowest BCUT2D eigenvalue weighted by molar-refractivity contribution is -0.131. The zero-order chi connectivity index (χ0) is 7.98. The van der Waals surface area contributed by atoms with Crippen molar-refractivity contribution in [2.45, 2.75) is 25.1 Å². The van der Waals surface area contributed by atoms with Crippen LogP contribution >= 0.6 is 11.6 Å². The van der Waals surface area contributed by atoms with Crippen LogP contribution < -0.4 is 0 Å². The third-order valence-electron chi connectivity index (χ3n) is 0.992. The summed E-state index contributed by atoms with van der Waals surface area (Å²) in [4.78, 5) is 9.92. The fraction of sp³-hybridized carbons (Fsp3) is 0.571. The molecule has 0 saturated carbocycles. The first-order valence-electron chi connectivity index (χ1n) is 3.16. The SMILES string of the molecule is CC(Cl)CC/C=C/C(=O)O. The molecule has 3 heteroatoms. The highest BCUT2D eigenvalue weighted by Crippen LogP contribution is 2.03. The first-order valence-corrected chi connectivity index (χ1v) is 3.60. The Bertz CT molecular complexity index is 130. The Kier molecular flexibility index (Phi) is 5.03. The topological polar surface area (TPSA) is 37.3 Å². The predicted molar refractivity (Wildman–Crippen MR) is 41.3 cm³/mol. The Morgan fingerprint density at radius 2 is 2.40 bits per heavy atom. The van der Waals surface area contributed by atoms with Gasteiger partial charge in [0.1, 0.15) is 0 Å². The highest BCUT2D eigenvalue weighted by molar-refractivity contribution is 6.20.